The van der Waals surface area contributed by atoms with E-state index in [2.05, 4.69) is 4.72 Å². The van der Waals surface area contributed by atoms with Crippen molar-refractivity contribution in [1.29, 1.82) is 0 Å². The molecule has 0 fully saturated rings. The molecule has 0 bridgehead atoms. The van der Waals surface area contributed by atoms with Gasteiger partial charge < -0.3 is 9.84 Å². The SMILES string of the molecule is CCOc1c(CC)ccc(NS(=O)(=O)c2ccc(F)cc2)c1C(=O)O. The van der Waals surface area contributed by atoms with Crippen LogP contribution in [0.1, 0.15) is 29.8 Å². The van der Waals surface area contributed by atoms with Gasteiger partial charge in [0.1, 0.15) is 17.1 Å². The minimum absolute atomic E-state index is 0.113. The van der Waals surface area contributed by atoms with Crippen LogP contribution in [-0.4, -0.2) is 26.1 Å². The molecule has 2 aromatic rings. The molecule has 0 unspecified atom stereocenters. The maximum absolute atomic E-state index is 13.0. The molecule has 0 saturated carbocycles. The van der Waals surface area contributed by atoms with E-state index in [4.69, 9.17) is 4.74 Å². The molecule has 0 aliphatic rings. The lowest BCUT2D eigenvalue weighted by molar-refractivity contribution is 0.0693. The number of hydrogen-bond acceptors (Lipinski definition) is 4. The Labute approximate surface area is 145 Å². The van der Waals surface area contributed by atoms with Crippen LogP contribution in [0.25, 0.3) is 0 Å². The average Bonchev–Trinajstić information content (AvgIpc) is 2.55. The van der Waals surface area contributed by atoms with Crippen molar-refractivity contribution in [2.24, 2.45) is 0 Å². The third-order valence-corrected chi connectivity index (χ3v) is 4.87. The number of rotatable bonds is 7. The van der Waals surface area contributed by atoms with E-state index in [-0.39, 0.29) is 28.5 Å². The fraction of sp³-hybridized carbons (Fsp3) is 0.235. The number of aromatic carboxylic acids is 1. The van der Waals surface area contributed by atoms with Crippen LogP contribution in [0.4, 0.5) is 10.1 Å². The van der Waals surface area contributed by atoms with Crippen LogP contribution in [0.15, 0.2) is 41.3 Å². The van der Waals surface area contributed by atoms with Crippen LogP contribution in [0.5, 0.6) is 5.75 Å². The average molecular weight is 367 g/mol. The van der Waals surface area contributed by atoms with Gasteiger partial charge in [-0.2, -0.15) is 0 Å². The maximum Gasteiger partial charge on any atom is 0.341 e. The van der Waals surface area contributed by atoms with Crippen molar-refractivity contribution in [1.82, 2.24) is 0 Å². The molecule has 0 radical (unpaired) electrons. The van der Waals surface area contributed by atoms with Crippen molar-refractivity contribution >= 4 is 21.7 Å². The lowest BCUT2D eigenvalue weighted by Crippen LogP contribution is -2.17. The van der Waals surface area contributed by atoms with Crippen molar-refractivity contribution in [3.63, 3.8) is 0 Å². The highest BCUT2D eigenvalue weighted by Gasteiger charge is 2.24. The summed E-state index contributed by atoms with van der Waals surface area (Å²) in [5, 5.41) is 9.53. The standard InChI is InChI=1S/C17H18FNO5S/c1-3-11-5-10-14(15(17(20)21)16(11)24-4-2)19-25(22,23)13-8-6-12(18)7-9-13/h5-10,19H,3-4H2,1-2H3,(H,20,21). The summed E-state index contributed by atoms with van der Waals surface area (Å²) < 4.78 is 45.5. The Morgan fingerprint density at radius 2 is 1.80 bits per heavy atom. The van der Waals surface area contributed by atoms with Gasteiger partial charge in [-0.15, -0.1) is 0 Å². The molecule has 2 rings (SSSR count). The lowest BCUT2D eigenvalue weighted by atomic mass is 10.0. The first-order valence-electron chi connectivity index (χ1n) is 7.60. The molecule has 0 amide bonds. The van der Waals surface area contributed by atoms with Gasteiger partial charge in [-0.25, -0.2) is 17.6 Å². The summed E-state index contributed by atoms with van der Waals surface area (Å²) in [5.74, 6) is -1.75. The maximum atomic E-state index is 13.0. The van der Waals surface area contributed by atoms with Gasteiger partial charge in [-0.05, 0) is 49.2 Å². The van der Waals surface area contributed by atoms with Crippen LogP contribution in [0, 0.1) is 5.82 Å². The molecule has 0 aromatic heterocycles. The van der Waals surface area contributed by atoms with Gasteiger partial charge in [0.05, 0.1) is 17.2 Å². The molecule has 8 heteroatoms. The Bertz CT molecular complexity index is 879. The number of halogens is 1. The van der Waals surface area contributed by atoms with Crippen molar-refractivity contribution in [2.45, 2.75) is 25.2 Å². The third kappa shape index (κ3) is 4.08. The predicted octanol–water partition coefficient (Wildman–Crippen LogP) is 3.29. The van der Waals surface area contributed by atoms with E-state index in [1.807, 2.05) is 6.92 Å². The monoisotopic (exact) mass is 367 g/mol. The highest BCUT2D eigenvalue weighted by molar-refractivity contribution is 7.92. The summed E-state index contributed by atoms with van der Waals surface area (Å²) in [6.07, 6.45) is 0.528. The minimum atomic E-state index is -4.07. The molecule has 0 aliphatic carbocycles. The number of carbonyl (C=O) groups is 1. The van der Waals surface area contributed by atoms with Gasteiger partial charge >= 0.3 is 5.97 Å². The van der Waals surface area contributed by atoms with Crippen LogP contribution in [0.3, 0.4) is 0 Å². The molecule has 2 aromatic carbocycles. The molecule has 25 heavy (non-hydrogen) atoms. The zero-order chi connectivity index (χ0) is 18.6. The largest absolute Gasteiger partial charge is 0.493 e. The van der Waals surface area contributed by atoms with Gasteiger partial charge in [0.2, 0.25) is 0 Å². The molecule has 2 N–H and O–H groups in total. The Morgan fingerprint density at radius 1 is 1.16 bits per heavy atom. The molecule has 134 valence electrons. The molecule has 0 aliphatic heterocycles. The van der Waals surface area contributed by atoms with E-state index >= 15 is 0 Å². The number of nitrogens with one attached hydrogen (secondary N) is 1. The number of hydrogen-bond donors (Lipinski definition) is 2. The number of sulfonamides is 1. The van der Waals surface area contributed by atoms with Crippen molar-refractivity contribution in [3.05, 3.63) is 53.3 Å². The van der Waals surface area contributed by atoms with Gasteiger partial charge in [0.25, 0.3) is 10.0 Å². The minimum Gasteiger partial charge on any atom is -0.493 e. The fourth-order valence-corrected chi connectivity index (χ4v) is 3.40. The molecule has 0 heterocycles. The fourth-order valence-electron chi connectivity index (χ4n) is 2.33. The molecule has 0 spiro atoms. The second kappa shape index (κ2) is 7.52. The second-order valence-electron chi connectivity index (χ2n) is 5.13. The van der Waals surface area contributed by atoms with E-state index in [0.29, 0.717) is 12.0 Å². The summed E-state index contributed by atoms with van der Waals surface area (Å²) in [4.78, 5) is 11.5. The summed E-state index contributed by atoms with van der Waals surface area (Å²) >= 11 is 0. The topological polar surface area (TPSA) is 92.7 Å². The quantitative estimate of drug-likeness (QED) is 0.783. The zero-order valence-corrected chi connectivity index (χ0v) is 14.6. The van der Waals surface area contributed by atoms with Crippen LogP contribution in [-0.2, 0) is 16.4 Å². The highest BCUT2D eigenvalue weighted by atomic mass is 32.2. The number of aryl methyl sites for hydroxylation is 1. The molecular formula is C17H18FNO5S. The third-order valence-electron chi connectivity index (χ3n) is 3.49. The number of carboxylic acids is 1. The summed E-state index contributed by atoms with van der Waals surface area (Å²) in [6, 6.07) is 7.22. The van der Waals surface area contributed by atoms with Gasteiger partial charge in [0, 0.05) is 0 Å². The first-order chi connectivity index (χ1) is 11.8. The second-order valence-corrected chi connectivity index (χ2v) is 6.81. The van der Waals surface area contributed by atoms with Crippen LogP contribution >= 0.6 is 0 Å². The van der Waals surface area contributed by atoms with Gasteiger partial charge in [0.15, 0.2) is 0 Å². The molecule has 0 saturated heterocycles. The van der Waals surface area contributed by atoms with Crippen molar-refractivity contribution < 1.29 is 27.4 Å². The molecule has 6 nitrogen and oxygen atoms in total. The molecular weight excluding hydrogens is 349 g/mol. The van der Waals surface area contributed by atoms with E-state index in [1.165, 1.54) is 6.07 Å². The summed E-state index contributed by atoms with van der Waals surface area (Å²) in [5.41, 5.74) is 0.286. The van der Waals surface area contributed by atoms with Crippen molar-refractivity contribution in [2.75, 3.05) is 11.3 Å². The van der Waals surface area contributed by atoms with E-state index < -0.39 is 21.8 Å². The number of anilines is 1. The Balaban J connectivity index is 2.53. The summed E-state index contributed by atoms with van der Waals surface area (Å²) in [6.45, 7) is 3.79. The zero-order valence-electron chi connectivity index (χ0n) is 13.7. The Morgan fingerprint density at radius 3 is 2.32 bits per heavy atom. The highest BCUT2D eigenvalue weighted by Crippen LogP contribution is 2.33. The number of carboxylic acid groups (broad SMARTS) is 1. The molecule has 0 atom stereocenters. The summed E-state index contributed by atoms with van der Waals surface area (Å²) in [7, 11) is -4.07. The lowest BCUT2D eigenvalue weighted by Gasteiger charge is -2.17. The number of ether oxygens (including phenoxy) is 1. The van der Waals surface area contributed by atoms with E-state index in [1.54, 1.807) is 13.0 Å². The Hall–Kier alpha value is -2.61. The smallest absolute Gasteiger partial charge is 0.341 e. The van der Waals surface area contributed by atoms with Gasteiger partial charge in [-0.1, -0.05) is 13.0 Å². The number of benzene rings is 2. The van der Waals surface area contributed by atoms with E-state index in [9.17, 15) is 22.7 Å². The van der Waals surface area contributed by atoms with Crippen molar-refractivity contribution in [3.8, 4) is 5.75 Å². The van der Waals surface area contributed by atoms with Crippen LogP contribution < -0.4 is 9.46 Å². The van der Waals surface area contributed by atoms with Gasteiger partial charge in [-0.3, -0.25) is 4.72 Å². The first kappa shape index (κ1) is 18.7. The first-order valence-corrected chi connectivity index (χ1v) is 9.08. The van der Waals surface area contributed by atoms with E-state index in [0.717, 1.165) is 24.3 Å². The van der Waals surface area contributed by atoms with Crippen LogP contribution in [0.2, 0.25) is 0 Å². The normalized spacial score (nSPS) is 11.2. The predicted molar refractivity (Wildman–Crippen MR) is 91.2 cm³/mol. The Kier molecular flexibility index (Phi) is 5.63.